The second-order valence-electron chi connectivity index (χ2n) is 4.10. The average Bonchev–Trinajstić information content (AvgIpc) is 2.33. The van der Waals surface area contributed by atoms with Gasteiger partial charge in [0.05, 0.1) is 5.69 Å². The van der Waals surface area contributed by atoms with Crippen LogP contribution in [0.3, 0.4) is 0 Å². The Morgan fingerprint density at radius 2 is 2.06 bits per heavy atom. The summed E-state index contributed by atoms with van der Waals surface area (Å²) in [6, 6.07) is 3.67. The van der Waals surface area contributed by atoms with Crippen LogP contribution in [0.1, 0.15) is 25.5 Å². The van der Waals surface area contributed by atoms with Gasteiger partial charge < -0.3 is 4.98 Å². The quantitative estimate of drug-likeness (QED) is 0.877. The zero-order chi connectivity index (χ0) is 13.3. The number of rotatable bonds is 2. The SMILES string of the molecule is CC(C)c1nc(-c2ncccc2Br)[nH]c(=O)c1Br. The number of aromatic nitrogens is 3. The molecule has 2 heterocycles. The molecule has 0 aliphatic heterocycles. The standard InChI is InChI=1S/C12H11Br2N3O/c1-6(2)9-8(14)12(18)17-11(16-9)10-7(13)4-3-5-15-10/h3-6H,1-2H3,(H,16,17,18). The zero-order valence-corrected chi connectivity index (χ0v) is 13.0. The molecule has 2 aromatic heterocycles. The predicted molar refractivity (Wildman–Crippen MR) is 77.6 cm³/mol. The summed E-state index contributed by atoms with van der Waals surface area (Å²) >= 11 is 6.67. The predicted octanol–water partition coefficient (Wildman–Crippen LogP) is 3.48. The van der Waals surface area contributed by atoms with Gasteiger partial charge in [0.25, 0.3) is 5.56 Å². The fourth-order valence-corrected chi connectivity index (χ4v) is 2.62. The minimum Gasteiger partial charge on any atom is -0.304 e. The van der Waals surface area contributed by atoms with Gasteiger partial charge in [-0.1, -0.05) is 13.8 Å². The third kappa shape index (κ3) is 2.54. The summed E-state index contributed by atoms with van der Waals surface area (Å²) in [5.74, 6) is 0.627. The maximum absolute atomic E-state index is 11.9. The van der Waals surface area contributed by atoms with Crippen LogP contribution in [0.4, 0.5) is 0 Å². The number of halogens is 2. The van der Waals surface area contributed by atoms with E-state index >= 15 is 0 Å². The molecule has 0 aromatic carbocycles. The monoisotopic (exact) mass is 371 g/mol. The van der Waals surface area contributed by atoms with Crippen molar-refractivity contribution in [2.75, 3.05) is 0 Å². The first kappa shape index (κ1) is 13.4. The van der Waals surface area contributed by atoms with Crippen molar-refractivity contribution in [2.45, 2.75) is 19.8 Å². The van der Waals surface area contributed by atoms with Gasteiger partial charge in [-0.05, 0) is 49.9 Å². The van der Waals surface area contributed by atoms with Crippen molar-refractivity contribution in [3.8, 4) is 11.5 Å². The summed E-state index contributed by atoms with van der Waals surface area (Å²) in [5.41, 5.74) is 1.16. The molecule has 2 aromatic rings. The van der Waals surface area contributed by atoms with Gasteiger partial charge in [0, 0.05) is 10.7 Å². The highest BCUT2D eigenvalue weighted by molar-refractivity contribution is 9.10. The average molecular weight is 373 g/mol. The van der Waals surface area contributed by atoms with Gasteiger partial charge in [0.2, 0.25) is 0 Å². The number of H-pyrrole nitrogens is 1. The molecule has 0 atom stereocenters. The molecule has 0 aliphatic rings. The second-order valence-corrected chi connectivity index (χ2v) is 5.75. The smallest absolute Gasteiger partial charge is 0.265 e. The zero-order valence-electron chi connectivity index (χ0n) is 9.87. The van der Waals surface area contributed by atoms with Crippen LogP contribution >= 0.6 is 31.9 Å². The molecular weight excluding hydrogens is 362 g/mol. The Morgan fingerprint density at radius 1 is 1.33 bits per heavy atom. The van der Waals surface area contributed by atoms with Crippen molar-refractivity contribution in [3.05, 3.63) is 43.3 Å². The van der Waals surface area contributed by atoms with Crippen molar-refractivity contribution in [3.63, 3.8) is 0 Å². The summed E-state index contributed by atoms with van der Waals surface area (Å²) < 4.78 is 1.28. The van der Waals surface area contributed by atoms with Crippen molar-refractivity contribution in [1.29, 1.82) is 0 Å². The van der Waals surface area contributed by atoms with Gasteiger partial charge in [-0.15, -0.1) is 0 Å². The normalized spacial score (nSPS) is 10.9. The minimum atomic E-state index is -0.193. The highest BCUT2D eigenvalue weighted by Gasteiger charge is 2.15. The lowest BCUT2D eigenvalue weighted by Crippen LogP contribution is -2.15. The molecule has 6 heteroatoms. The van der Waals surface area contributed by atoms with Crippen LogP contribution < -0.4 is 5.56 Å². The van der Waals surface area contributed by atoms with Crippen LogP contribution in [0.2, 0.25) is 0 Å². The first-order chi connectivity index (χ1) is 8.50. The van der Waals surface area contributed by atoms with E-state index in [0.717, 1.165) is 10.2 Å². The van der Waals surface area contributed by atoms with Crippen LogP contribution in [0.5, 0.6) is 0 Å². The topological polar surface area (TPSA) is 58.6 Å². The maximum Gasteiger partial charge on any atom is 0.265 e. The van der Waals surface area contributed by atoms with Crippen LogP contribution in [0, 0.1) is 0 Å². The summed E-state index contributed by atoms with van der Waals surface area (Å²) in [4.78, 5) is 23.3. The maximum atomic E-state index is 11.9. The number of pyridine rings is 1. The summed E-state index contributed by atoms with van der Waals surface area (Å²) in [7, 11) is 0. The third-order valence-electron chi connectivity index (χ3n) is 2.42. The Balaban J connectivity index is 2.67. The fraction of sp³-hybridized carbons (Fsp3) is 0.250. The van der Waals surface area contributed by atoms with Gasteiger partial charge in [-0.3, -0.25) is 9.78 Å². The van der Waals surface area contributed by atoms with E-state index in [1.165, 1.54) is 0 Å². The number of hydrogen-bond donors (Lipinski definition) is 1. The molecule has 0 bridgehead atoms. The molecule has 2 rings (SSSR count). The van der Waals surface area contributed by atoms with E-state index in [-0.39, 0.29) is 11.5 Å². The van der Waals surface area contributed by atoms with Gasteiger partial charge in [0.1, 0.15) is 10.2 Å². The molecular formula is C12H11Br2N3O. The highest BCUT2D eigenvalue weighted by Crippen LogP contribution is 2.25. The van der Waals surface area contributed by atoms with E-state index in [2.05, 4.69) is 46.8 Å². The first-order valence-corrected chi connectivity index (χ1v) is 7.00. The number of nitrogens with zero attached hydrogens (tertiary/aromatic N) is 2. The van der Waals surface area contributed by atoms with E-state index in [1.807, 2.05) is 26.0 Å². The van der Waals surface area contributed by atoms with Crippen molar-refractivity contribution in [1.82, 2.24) is 15.0 Å². The summed E-state index contributed by atoms with van der Waals surface area (Å²) in [6.07, 6.45) is 1.66. The lowest BCUT2D eigenvalue weighted by Gasteiger charge is -2.09. The molecule has 0 unspecified atom stereocenters. The Kier molecular flexibility index (Phi) is 3.97. The molecule has 0 saturated heterocycles. The Morgan fingerprint density at radius 3 is 2.67 bits per heavy atom. The van der Waals surface area contributed by atoms with Crippen LogP contribution in [0.25, 0.3) is 11.5 Å². The number of aromatic amines is 1. The molecule has 0 saturated carbocycles. The first-order valence-electron chi connectivity index (χ1n) is 5.41. The van der Waals surface area contributed by atoms with Gasteiger partial charge >= 0.3 is 0 Å². The van der Waals surface area contributed by atoms with E-state index in [1.54, 1.807) is 6.20 Å². The minimum absolute atomic E-state index is 0.155. The number of hydrogen-bond acceptors (Lipinski definition) is 3. The van der Waals surface area contributed by atoms with Crippen molar-refractivity contribution < 1.29 is 0 Å². The lowest BCUT2D eigenvalue weighted by atomic mass is 10.1. The van der Waals surface area contributed by atoms with E-state index in [4.69, 9.17) is 0 Å². The van der Waals surface area contributed by atoms with E-state index in [0.29, 0.717) is 16.0 Å². The van der Waals surface area contributed by atoms with Crippen LogP contribution in [-0.4, -0.2) is 15.0 Å². The second kappa shape index (κ2) is 5.32. The molecule has 1 N–H and O–H groups in total. The van der Waals surface area contributed by atoms with E-state index < -0.39 is 0 Å². The van der Waals surface area contributed by atoms with E-state index in [9.17, 15) is 4.79 Å². The van der Waals surface area contributed by atoms with Crippen molar-refractivity contribution in [2.24, 2.45) is 0 Å². The molecule has 0 amide bonds. The lowest BCUT2D eigenvalue weighted by molar-refractivity contribution is 0.802. The molecule has 0 spiro atoms. The highest BCUT2D eigenvalue weighted by atomic mass is 79.9. The molecule has 0 aliphatic carbocycles. The van der Waals surface area contributed by atoms with Crippen molar-refractivity contribution >= 4 is 31.9 Å². The Labute approximate surface area is 121 Å². The van der Waals surface area contributed by atoms with Crippen LogP contribution in [0.15, 0.2) is 32.1 Å². The number of nitrogens with one attached hydrogen (secondary N) is 1. The molecule has 18 heavy (non-hydrogen) atoms. The summed E-state index contributed by atoms with van der Waals surface area (Å²) in [6.45, 7) is 3.98. The van der Waals surface area contributed by atoms with Gasteiger partial charge in [-0.2, -0.15) is 0 Å². The molecule has 0 radical (unpaired) electrons. The Hall–Kier alpha value is -1.01. The van der Waals surface area contributed by atoms with Gasteiger partial charge in [-0.25, -0.2) is 4.98 Å². The molecule has 94 valence electrons. The van der Waals surface area contributed by atoms with Crippen LogP contribution in [-0.2, 0) is 0 Å². The molecule has 0 fully saturated rings. The summed E-state index contributed by atoms with van der Waals surface area (Å²) in [5, 5.41) is 0. The van der Waals surface area contributed by atoms with Gasteiger partial charge in [0.15, 0.2) is 5.82 Å². The molecule has 4 nitrogen and oxygen atoms in total. The fourth-order valence-electron chi connectivity index (χ4n) is 1.53. The largest absolute Gasteiger partial charge is 0.304 e. The third-order valence-corrected chi connectivity index (χ3v) is 3.82. The Bertz CT molecular complexity index is 637.